The van der Waals surface area contributed by atoms with Crippen molar-refractivity contribution in [3.05, 3.63) is 41.1 Å². The molecule has 8 nitrogen and oxygen atoms in total. The molecule has 0 aliphatic rings. The predicted molar refractivity (Wildman–Crippen MR) is 71.9 cm³/mol. The van der Waals surface area contributed by atoms with Crippen molar-refractivity contribution in [2.75, 3.05) is 5.32 Å². The van der Waals surface area contributed by atoms with E-state index >= 15 is 0 Å². The van der Waals surface area contributed by atoms with Crippen LogP contribution in [0.25, 0.3) is 0 Å². The summed E-state index contributed by atoms with van der Waals surface area (Å²) in [6, 6.07) is 4.39. The fraction of sp³-hybridized carbons (Fsp3) is 0.0833. The molecule has 1 heterocycles. The summed E-state index contributed by atoms with van der Waals surface area (Å²) in [4.78, 5) is 12.1. The number of nitrogens with two attached hydrogens (primary N) is 1. The van der Waals surface area contributed by atoms with Crippen LogP contribution in [0.5, 0.6) is 5.75 Å². The molecule has 1 aromatic heterocycles. The normalized spacial score (nSPS) is 11.3. The Bertz CT molecular complexity index is 677. The Labute approximate surface area is 113 Å². The van der Waals surface area contributed by atoms with Gasteiger partial charge in [-0.15, -0.1) is 0 Å². The first kappa shape index (κ1) is 13.4. The summed E-state index contributed by atoms with van der Waals surface area (Å²) < 4.78 is 0. The lowest BCUT2D eigenvalue weighted by atomic mass is 10.1. The Balaban J connectivity index is 2.26. The van der Waals surface area contributed by atoms with E-state index in [1.807, 2.05) is 0 Å². The molecule has 0 saturated heterocycles. The van der Waals surface area contributed by atoms with E-state index in [4.69, 9.17) is 10.9 Å². The number of aromatic nitrogens is 2. The minimum Gasteiger partial charge on any atom is -0.508 e. The topological polar surface area (TPSA) is 137 Å². The lowest BCUT2D eigenvalue weighted by Crippen LogP contribution is -2.19. The summed E-state index contributed by atoms with van der Waals surface area (Å²) >= 11 is 0. The van der Waals surface area contributed by atoms with Crippen molar-refractivity contribution in [3.8, 4) is 5.75 Å². The van der Waals surface area contributed by atoms with Gasteiger partial charge in [-0.05, 0) is 30.7 Å². The van der Waals surface area contributed by atoms with Gasteiger partial charge in [-0.2, -0.15) is 5.10 Å². The number of H-pyrrole nitrogens is 1. The molecule has 1 aromatic carbocycles. The van der Waals surface area contributed by atoms with Gasteiger partial charge in [0.25, 0.3) is 5.91 Å². The number of carbonyl (C=O) groups excluding carboxylic acids is 1. The molecule has 104 valence electrons. The number of phenolic OH excluding ortho intramolecular Hbond substituents is 1. The minimum atomic E-state index is -0.404. The molecular formula is C12H13N5O3. The van der Waals surface area contributed by atoms with Crippen LogP contribution in [0.1, 0.15) is 21.5 Å². The highest BCUT2D eigenvalue weighted by atomic mass is 16.4. The maximum atomic E-state index is 12.1. The number of benzene rings is 1. The molecule has 0 aliphatic heterocycles. The van der Waals surface area contributed by atoms with Crippen molar-refractivity contribution in [3.63, 3.8) is 0 Å². The van der Waals surface area contributed by atoms with Crippen molar-refractivity contribution in [2.45, 2.75) is 6.92 Å². The Morgan fingerprint density at radius 1 is 1.45 bits per heavy atom. The molecule has 0 fully saturated rings. The maximum absolute atomic E-state index is 12.1. The number of rotatable bonds is 3. The molecule has 8 heteroatoms. The van der Waals surface area contributed by atoms with E-state index in [2.05, 4.69) is 20.7 Å². The summed E-state index contributed by atoms with van der Waals surface area (Å²) in [5, 5.41) is 29.6. The summed E-state index contributed by atoms with van der Waals surface area (Å²) in [6.07, 6.45) is 1.33. The number of carbonyl (C=O) groups is 1. The highest BCUT2D eigenvalue weighted by Gasteiger charge is 2.15. The molecule has 1 amide bonds. The number of aromatic hydroxyl groups is 1. The summed E-state index contributed by atoms with van der Waals surface area (Å²) in [5.41, 5.74) is 6.74. The Hall–Kier alpha value is -3.03. The molecule has 0 bridgehead atoms. The second kappa shape index (κ2) is 5.31. The number of anilines is 1. The third-order valence-electron chi connectivity index (χ3n) is 2.72. The van der Waals surface area contributed by atoms with Crippen LogP contribution < -0.4 is 11.1 Å². The van der Waals surface area contributed by atoms with E-state index < -0.39 is 5.91 Å². The highest BCUT2D eigenvalue weighted by Crippen LogP contribution is 2.18. The number of amidine groups is 1. The first-order chi connectivity index (χ1) is 9.52. The summed E-state index contributed by atoms with van der Waals surface area (Å²) in [5.74, 6) is -0.272. The minimum absolute atomic E-state index is 0.0814. The van der Waals surface area contributed by atoms with Crippen molar-refractivity contribution < 1.29 is 15.1 Å². The molecule has 0 radical (unpaired) electrons. The molecular weight excluding hydrogens is 262 g/mol. The van der Waals surface area contributed by atoms with Crippen LogP contribution >= 0.6 is 0 Å². The number of nitrogens with zero attached hydrogens (tertiary/aromatic N) is 2. The van der Waals surface area contributed by atoms with Crippen LogP contribution in [-0.4, -0.2) is 32.3 Å². The average Bonchev–Trinajstić information content (AvgIpc) is 2.85. The van der Waals surface area contributed by atoms with E-state index in [1.165, 1.54) is 24.4 Å². The fourth-order valence-electron chi connectivity index (χ4n) is 1.71. The SMILES string of the molecule is Cc1cc(O)ccc1C(=O)Nc1[nH]ncc1/C(N)=N/O. The van der Waals surface area contributed by atoms with Crippen LogP contribution in [0.15, 0.2) is 29.6 Å². The molecule has 0 aliphatic carbocycles. The van der Waals surface area contributed by atoms with Gasteiger partial charge in [0.2, 0.25) is 0 Å². The average molecular weight is 275 g/mol. The molecule has 0 saturated carbocycles. The number of nitrogens with one attached hydrogen (secondary N) is 2. The van der Waals surface area contributed by atoms with Gasteiger partial charge in [0.05, 0.1) is 11.8 Å². The number of phenols is 1. The molecule has 6 N–H and O–H groups in total. The molecule has 2 aromatic rings. The van der Waals surface area contributed by atoms with Crippen molar-refractivity contribution >= 4 is 17.6 Å². The van der Waals surface area contributed by atoms with Crippen LogP contribution in [0.3, 0.4) is 0 Å². The van der Waals surface area contributed by atoms with Gasteiger partial charge in [0.1, 0.15) is 11.6 Å². The third kappa shape index (κ3) is 2.53. The zero-order chi connectivity index (χ0) is 14.7. The lowest BCUT2D eigenvalue weighted by molar-refractivity contribution is 0.102. The summed E-state index contributed by atoms with van der Waals surface area (Å²) in [6.45, 7) is 1.70. The number of hydrogen-bond donors (Lipinski definition) is 5. The monoisotopic (exact) mass is 275 g/mol. The van der Waals surface area contributed by atoms with Crippen molar-refractivity contribution in [1.29, 1.82) is 0 Å². The van der Waals surface area contributed by atoms with Gasteiger partial charge in [0, 0.05) is 5.56 Å². The largest absolute Gasteiger partial charge is 0.508 e. The van der Waals surface area contributed by atoms with Gasteiger partial charge in [0.15, 0.2) is 5.84 Å². The van der Waals surface area contributed by atoms with E-state index in [0.29, 0.717) is 11.1 Å². The van der Waals surface area contributed by atoms with Gasteiger partial charge < -0.3 is 21.4 Å². The fourth-order valence-corrected chi connectivity index (χ4v) is 1.71. The van der Waals surface area contributed by atoms with Crippen molar-refractivity contribution in [2.24, 2.45) is 10.9 Å². The van der Waals surface area contributed by atoms with Crippen LogP contribution in [0.2, 0.25) is 0 Å². The van der Waals surface area contributed by atoms with Gasteiger partial charge in [-0.1, -0.05) is 5.16 Å². The summed E-state index contributed by atoms with van der Waals surface area (Å²) in [7, 11) is 0. The highest BCUT2D eigenvalue weighted by molar-refractivity contribution is 6.09. The van der Waals surface area contributed by atoms with Crippen LogP contribution in [0.4, 0.5) is 5.82 Å². The third-order valence-corrected chi connectivity index (χ3v) is 2.72. The number of hydrogen-bond acceptors (Lipinski definition) is 5. The van der Waals surface area contributed by atoms with Gasteiger partial charge in [-0.3, -0.25) is 9.89 Å². The molecule has 20 heavy (non-hydrogen) atoms. The Morgan fingerprint density at radius 2 is 2.20 bits per heavy atom. The van der Waals surface area contributed by atoms with Gasteiger partial charge >= 0.3 is 0 Å². The first-order valence-electron chi connectivity index (χ1n) is 5.65. The van der Waals surface area contributed by atoms with Crippen LogP contribution in [0, 0.1) is 6.92 Å². The molecule has 2 rings (SSSR count). The second-order valence-corrected chi connectivity index (χ2v) is 4.10. The second-order valence-electron chi connectivity index (χ2n) is 4.10. The molecule has 0 unspecified atom stereocenters. The van der Waals surface area contributed by atoms with E-state index in [0.717, 1.165) is 0 Å². The van der Waals surface area contributed by atoms with Crippen LogP contribution in [-0.2, 0) is 0 Å². The standard InChI is InChI=1S/C12H13N5O3/c1-6-4-7(18)2-3-8(6)12(19)15-11-9(5-14-16-11)10(13)17-20/h2-5,18,20H,1H3,(H2,13,17)(H2,14,15,16,19). The zero-order valence-corrected chi connectivity index (χ0v) is 10.6. The van der Waals surface area contributed by atoms with E-state index in [9.17, 15) is 9.90 Å². The zero-order valence-electron chi connectivity index (χ0n) is 10.6. The lowest BCUT2D eigenvalue weighted by Gasteiger charge is -2.07. The number of aromatic amines is 1. The maximum Gasteiger partial charge on any atom is 0.257 e. The van der Waals surface area contributed by atoms with Crippen molar-refractivity contribution in [1.82, 2.24) is 10.2 Å². The Morgan fingerprint density at radius 3 is 2.85 bits per heavy atom. The van der Waals surface area contributed by atoms with E-state index in [-0.39, 0.29) is 23.0 Å². The predicted octanol–water partition coefficient (Wildman–Crippen LogP) is 0.771. The number of amides is 1. The Kier molecular flexibility index (Phi) is 3.56. The molecule has 0 atom stereocenters. The smallest absolute Gasteiger partial charge is 0.257 e. The van der Waals surface area contributed by atoms with Gasteiger partial charge in [-0.25, -0.2) is 0 Å². The first-order valence-corrected chi connectivity index (χ1v) is 5.65. The number of aryl methyl sites for hydroxylation is 1. The number of oxime groups is 1. The van der Waals surface area contributed by atoms with E-state index in [1.54, 1.807) is 6.92 Å². The quantitative estimate of drug-likeness (QED) is 0.244. The molecule has 0 spiro atoms.